The third-order valence-electron chi connectivity index (χ3n) is 4.67. The summed E-state index contributed by atoms with van der Waals surface area (Å²) in [7, 11) is 4.83. The zero-order valence-corrected chi connectivity index (χ0v) is 16.3. The van der Waals surface area contributed by atoms with Crippen molar-refractivity contribution in [3.05, 3.63) is 29.6 Å². The second-order valence-electron chi connectivity index (χ2n) is 6.76. The van der Waals surface area contributed by atoms with Crippen molar-refractivity contribution < 1.29 is 23.2 Å². The Hall–Kier alpha value is -3.10. The summed E-state index contributed by atoms with van der Waals surface area (Å²) in [5, 5.41) is 6.88. The molecule has 1 N–H and O–H groups in total. The highest BCUT2D eigenvalue weighted by Crippen LogP contribution is 2.33. The molecule has 1 aromatic heterocycles. The molecule has 9 heteroatoms. The number of nitrogens with zero attached hydrogens (tertiary/aromatic N) is 3. The Kier molecular flexibility index (Phi) is 5.53. The van der Waals surface area contributed by atoms with Gasteiger partial charge >= 0.3 is 0 Å². The SMILES string of the molecule is CCN1CC(NC(=O)c2c(N(C)C)noc2-c2ccc(F)c(OC)c2)CC1=O. The number of ether oxygens (including phenoxy) is 1. The highest BCUT2D eigenvalue weighted by molar-refractivity contribution is 6.04. The zero-order valence-electron chi connectivity index (χ0n) is 16.3. The molecule has 1 aliphatic rings. The fourth-order valence-corrected chi connectivity index (χ4v) is 3.22. The average molecular weight is 390 g/mol. The number of amides is 2. The first-order valence-corrected chi connectivity index (χ1v) is 8.95. The maximum absolute atomic E-state index is 13.8. The van der Waals surface area contributed by atoms with Crippen molar-refractivity contribution in [2.24, 2.45) is 0 Å². The summed E-state index contributed by atoms with van der Waals surface area (Å²) >= 11 is 0. The first-order chi connectivity index (χ1) is 13.3. The zero-order chi connectivity index (χ0) is 20.4. The number of anilines is 1. The van der Waals surface area contributed by atoms with Gasteiger partial charge in [0.15, 0.2) is 23.1 Å². The summed E-state index contributed by atoms with van der Waals surface area (Å²) in [5.41, 5.74) is 0.683. The lowest BCUT2D eigenvalue weighted by Crippen LogP contribution is -2.37. The van der Waals surface area contributed by atoms with Gasteiger partial charge in [-0.3, -0.25) is 9.59 Å². The molecule has 0 saturated carbocycles. The van der Waals surface area contributed by atoms with Gasteiger partial charge in [0.2, 0.25) is 5.91 Å². The van der Waals surface area contributed by atoms with Crippen LogP contribution in [-0.4, -0.2) is 62.2 Å². The molecule has 1 atom stereocenters. The molecule has 150 valence electrons. The summed E-state index contributed by atoms with van der Waals surface area (Å²) in [6.07, 6.45) is 0.252. The Balaban J connectivity index is 1.94. The number of likely N-dealkylation sites (N-methyl/N-ethyl adjacent to an activating group) is 1. The molecule has 28 heavy (non-hydrogen) atoms. The highest BCUT2D eigenvalue weighted by Gasteiger charge is 2.32. The van der Waals surface area contributed by atoms with Crippen LogP contribution in [0.25, 0.3) is 11.3 Å². The molecule has 2 heterocycles. The summed E-state index contributed by atoms with van der Waals surface area (Å²) in [6.45, 7) is 2.96. The molecule has 0 spiro atoms. The van der Waals surface area contributed by atoms with Crippen molar-refractivity contribution in [2.45, 2.75) is 19.4 Å². The van der Waals surface area contributed by atoms with Crippen LogP contribution in [0.3, 0.4) is 0 Å². The van der Waals surface area contributed by atoms with E-state index in [1.807, 2.05) is 6.92 Å². The Bertz CT molecular complexity index is 896. The van der Waals surface area contributed by atoms with Crippen LogP contribution in [0.15, 0.2) is 22.7 Å². The number of likely N-dealkylation sites (tertiary alicyclic amines) is 1. The second-order valence-corrected chi connectivity index (χ2v) is 6.76. The highest BCUT2D eigenvalue weighted by atomic mass is 19.1. The van der Waals surface area contributed by atoms with E-state index in [0.29, 0.717) is 24.5 Å². The number of benzene rings is 1. The molecule has 1 unspecified atom stereocenters. The molecule has 1 saturated heterocycles. The predicted octanol–water partition coefficient (Wildman–Crippen LogP) is 1.91. The summed E-state index contributed by atoms with van der Waals surface area (Å²) in [5.74, 6) is -0.336. The molecule has 2 amide bonds. The van der Waals surface area contributed by atoms with E-state index in [4.69, 9.17) is 9.26 Å². The van der Waals surface area contributed by atoms with Crippen molar-refractivity contribution in [3.8, 4) is 17.1 Å². The molecule has 8 nitrogen and oxygen atoms in total. The smallest absolute Gasteiger partial charge is 0.259 e. The van der Waals surface area contributed by atoms with Crippen LogP contribution in [0.5, 0.6) is 5.75 Å². The number of hydrogen-bond acceptors (Lipinski definition) is 6. The van der Waals surface area contributed by atoms with Crippen LogP contribution >= 0.6 is 0 Å². The van der Waals surface area contributed by atoms with Crippen LogP contribution < -0.4 is 15.0 Å². The number of carbonyl (C=O) groups excluding carboxylic acids is 2. The van der Waals surface area contributed by atoms with Gasteiger partial charge in [0.1, 0.15) is 5.56 Å². The van der Waals surface area contributed by atoms with E-state index >= 15 is 0 Å². The molecule has 2 aromatic rings. The lowest BCUT2D eigenvalue weighted by Gasteiger charge is -2.16. The number of halogens is 1. The third kappa shape index (κ3) is 3.64. The maximum atomic E-state index is 13.8. The standard InChI is InChI=1S/C19H23FN4O4/c1-5-24-10-12(9-15(24)25)21-19(26)16-17(28-22-18(16)23(2)3)11-6-7-13(20)14(8-11)27-4/h6-8,12H,5,9-10H2,1-4H3,(H,21,26). The van der Waals surface area contributed by atoms with Crippen molar-refractivity contribution in [2.75, 3.05) is 39.2 Å². The Labute approximate surface area is 162 Å². The van der Waals surface area contributed by atoms with Crippen molar-refractivity contribution in [1.29, 1.82) is 0 Å². The van der Waals surface area contributed by atoms with Gasteiger partial charge < -0.3 is 24.4 Å². The van der Waals surface area contributed by atoms with E-state index in [-0.39, 0.29) is 35.4 Å². The lowest BCUT2D eigenvalue weighted by molar-refractivity contribution is -0.127. The summed E-state index contributed by atoms with van der Waals surface area (Å²) < 4.78 is 24.2. The van der Waals surface area contributed by atoms with Gasteiger partial charge in [-0.15, -0.1) is 0 Å². The van der Waals surface area contributed by atoms with Crippen LogP contribution in [0.4, 0.5) is 10.2 Å². The number of aromatic nitrogens is 1. The van der Waals surface area contributed by atoms with Crippen molar-refractivity contribution in [3.63, 3.8) is 0 Å². The Morgan fingerprint density at radius 2 is 2.21 bits per heavy atom. The van der Waals surface area contributed by atoms with Gasteiger partial charge in [-0.05, 0) is 25.1 Å². The predicted molar refractivity (Wildman–Crippen MR) is 101 cm³/mol. The first-order valence-electron chi connectivity index (χ1n) is 8.95. The largest absolute Gasteiger partial charge is 0.494 e. The van der Waals surface area contributed by atoms with E-state index in [0.717, 1.165) is 0 Å². The van der Waals surface area contributed by atoms with Gasteiger partial charge in [-0.2, -0.15) is 0 Å². The normalized spacial score (nSPS) is 16.4. The Morgan fingerprint density at radius 1 is 1.46 bits per heavy atom. The third-order valence-corrected chi connectivity index (χ3v) is 4.67. The first kappa shape index (κ1) is 19.7. The van der Waals surface area contributed by atoms with Crippen LogP contribution in [0.1, 0.15) is 23.7 Å². The van der Waals surface area contributed by atoms with Crippen LogP contribution in [-0.2, 0) is 4.79 Å². The fraction of sp³-hybridized carbons (Fsp3) is 0.421. The Morgan fingerprint density at radius 3 is 2.82 bits per heavy atom. The molecule has 0 bridgehead atoms. The average Bonchev–Trinajstić information content (AvgIpc) is 3.25. The number of rotatable bonds is 6. The maximum Gasteiger partial charge on any atom is 0.259 e. The monoisotopic (exact) mass is 390 g/mol. The quantitative estimate of drug-likeness (QED) is 0.811. The summed E-state index contributed by atoms with van der Waals surface area (Å²) in [4.78, 5) is 28.3. The topological polar surface area (TPSA) is 87.9 Å². The number of nitrogens with one attached hydrogen (secondary N) is 1. The second kappa shape index (κ2) is 7.87. The van der Waals surface area contributed by atoms with Gasteiger partial charge in [-0.1, -0.05) is 5.16 Å². The minimum absolute atomic E-state index is 0.00875. The van der Waals surface area contributed by atoms with E-state index in [9.17, 15) is 14.0 Å². The van der Waals surface area contributed by atoms with E-state index < -0.39 is 11.7 Å². The minimum Gasteiger partial charge on any atom is -0.494 e. The molecule has 0 radical (unpaired) electrons. The van der Waals surface area contributed by atoms with E-state index in [1.54, 1.807) is 23.9 Å². The van der Waals surface area contributed by atoms with Gasteiger partial charge in [0.25, 0.3) is 5.91 Å². The molecule has 3 rings (SSSR count). The molecule has 0 aliphatic carbocycles. The molecular weight excluding hydrogens is 367 g/mol. The summed E-state index contributed by atoms with van der Waals surface area (Å²) in [6, 6.07) is 3.89. The van der Waals surface area contributed by atoms with Crippen molar-refractivity contribution in [1.82, 2.24) is 15.4 Å². The number of hydrogen-bond donors (Lipinski definition) is 1. The lowest BCUT2D eigenvalue weighted by atomic mass is 10.1. The molecule has 1 aliphatic heterocycles. The van der Waals surface area contributed by atoms with Crippen LogP contribution in [0.2, 0.25) is 0 Å². The van der Waals surface area contributed by atoms with Gasteiger partial charge in [0, 0.05) is 39.2 Å². The van der Waals surface area contributed by atoms with Gasteiger partial charge in [0.05, 0.1) is 13.2 Å². The minimum atomic E-state index is -0.520. The molecule has 1 aromatic carbocycles. The van der Waals surface area contributed by atoms with Gasteiger partial charge in [-0.25, -0.2) is 4.39 Å². The van der Waals surface area contributed by atoms with E-state index in [2.05, 4.69) is 10.5 Å². The van der Waals surface area contributed by atoms with E-state index in [1.165, 1.54) is 25.3 Å². The van der Waals surface area contributed by atoms with Crippen molar-refractivity contribution >= 4 is 17.6 Å². The molecular formula is C19H23FN4O4. The number of carbonyl (C=O) groups is 2. The number of methoxy groups -OCH3 is 1. The van der Waals surface area contributed by atoms with Crippen LogP contribution in [0, 0.1) is 5.82 Å². The fourth-order valence-electron chi connectivity index (χ4n) is 3.22. The molecule has 1 fully saturated rings.